The molecule has 7 heteroatoms. The molecule has 0 bridgehead atoms. The molecule has 0 aliphatic carbocycles. The molecule has 3 rings (SSSR count). The second-order valence-electron chi connectivity index (χ2n) is 5.85. The van der Waals surface area contributed by atoms with E-state index in [2.05, 4.69) is 15.4 Å². The van der Waals surface area contributed by atoms with Gasteiger partial charge in [-0.05, 0) is 19.9 Å². The smallest absolute Gasteiger partial charge is 0.226 e. The van der Waals surface area contributed by atoms with Crippen molar-refractivity contribution in [2.75, 3.05) is 0 Å². The van der Waals surface area contributed by atoms with Gasteiger partial charge in [-0.15, -0.1) is 11.3 Å². The Morgan fingerprint density at radius 2 is 2.08 bits per heavy atom. The van der Waals surface area contributed by atoms with Gasteiger partial charge in [0.2, 0.25) is 5.91 Å². The first-order valence-corrected chi connectivity index (χ1v) is 9.16. The van der Waals surface area contributed by atoms with E-state index < -0.39 is 0 Å². The summed E-state index contributed by atoms with van der Waals surface area (Å²) in [5.41, 5.74) is 4.70. The second-order valence-corrected chi connectivity index (χ2v) is 7.12. The summed E-state index contributed by atoms with van der Waals surface area (Å²) in [6, 6.07) is 7.58. The standard InChI is InChI=1S/C18H19ClN4OS/c1-11-15(12(2)23(3)22-11)9-20-17(24)8-13-10-25-18(21-13)14-6-4-5-7-16(14)19/h4-7,10H,8-9H2,1-3H3,(H,20,24). The lowest BCUT2D eigenvalue weighted by Crippen LogP contribution is -2.25. The Morgan fingerprint density at radius 1 is 1.32 bits per heavy atom. The fraction of sp³-hybridized carbons (Fsp3) is 0.278. The molecule has 0 unspecified atom stereocenters. The number of aromatic nitrogens is 3. The van der Waals surface area contributed by atoms with E-state index in [4.69, 9.17) is 11.6 Å². The number of hydrogen-bond donors (Lipinski definition) is 1. The number of carbonyl (C=O) groups is 1. The highest BCUT2D eigenvalue weighted by Gasteiger charge is 2.13. The van der Waals surface area contributed by atoms with E-state index in [9.17, 15) is 4.79 Å². The van der Waals surface area contributed by atoms with Crippen molar-refractivity contribution in [1.82, 2.24) is 20.1 Å². The number of nitrogens with zero attached hydrogens (tertiary/aromatic N) is 3. The van der Waals surface area contributed by atoms with Crippen LogP contribution in [-0.4, -0.2) is 20.7 Å². The van der Waals surface area contributed by atoms with Gasteiger partial charge in [-0.3, -0.25) is 9.48 Å². The molecule has 5 nitrogen and oxygen atoms in total. The minimum Gasteiger partial charge on any atom is -0.352 e. The van der Waals surface area contributed by atoms with Gasteiger partial charge in [0.25, 0.3) is 0 Å². The van der Waals surface area contributed by atoms with Crippen molar-refractivity contribution >= 4 is 28.8 Å². The van der Waals surface area contributed by atoms with Crippen LogP contribution in [0.4, 0.5) is 0 Å². The van der Waals surface area contributed by atoms with Crippen LogP contribution in [0.3, 0.4) is 0 Å². The highest BCUT2D eigenvalue weighted by molar-refractivity contribution is 7.13. The molecule has 130 valence electrons. The van der Waals surface area contributed by atoms with Crippen LogP contribution in [-0.2, 0) is 24.8 Å². The van der Waals surface area contributed by atoms with Gasteiger partial charge in [0.15, 0.2) is 0 Å². The van der Waals surface area contributed by atoms with Crippen molar-refractivity contribution in [3.05, 3.63) is 57.3 Å². The molecule has 0 spiro atoms. The molecule has 1 aromatic carbocycles. The van der Waals surface area contributed by atoms with Gasteiger partial charge in [0, 0.05) is 35.8 Å². The minimum atomic E-state index is -0.0568. The first-order chi connectivity index (χ1) is 12.0. The minimum absolute atomic E-state index is 0.0568. The maximum Gasteiger partial charge on any atom is 0.226 e. The fourth-order valence-corrected chi connectivity index (χ4v) is 3.77. The zero-order chi connectivity index (χ0) is 18.0. The van der Waals surface area contributed by atoms with Gasteiger partial charge >= 0.3 is 0 Å². The SMILES string of the molecule is Cc1nn(C)c(C)c1CNC(=O)Cc1csc(-c2ccccc2Cl)n1. The summed E-state index contributed by atoms with van der Waals surface area (Å²) in [5.74, 6) is -0.0568. The number of nitrogens with one attached hydrogen (secondary N) is 1. The number of rotatable bonds is 5. The molecule has 0 radical (unpaired) electrons. The van der Waals surface area contributed by atoms with Gasteiger partial charge in [-0.25, -0.2) is 4.98 Å². The maximum atomic E-state index is 12.2. The van der Waals surface area contributed by atoms with E-state index in [0.29, 0.717) is 11.6 Å². The lowest BCUT2D eigenvalue weighted by molar-refractivity contribution is -0.120. The van der Waals surface area contributed by atoms with Crippen LogP contribution in [0.5, 0.6) is 0 Å². The Labute approximate surface area is 155 Å². The molecule has 0 atom stereocenters. The molecule has 0 saturated carbocycles. The van der Waals surface area contributed by atoms with E-state index in [0.717, 1.165) is 33.2 Å². The fourth-order valence-electron chi connectivity index (χ4n) is 2.63. The number of amides is 1. The van der Waals surface area contributed by atoms with Crippen LogP contribution in [0, 0.1) is 13.8 Å². The topological polar surface area (TPSA) is 59.8 Å². The first kappa shape index (κ1) is 17.6. The third-order valence-electron chi connectivity index (χ3n) is 4.12. The lowest BCUT2D eigenvalue weighted by atomic mass is 10.2. The summed E-state index contributed by atoms with van der Waals surface area (Å²) in [5, 5.41) is 10.7. The summed E-state index contributed by atoms with van der Waals surface area (Å²) >= 11 is 7.70. The molecule has 0 saturated heterocycles. The third kappa shape index (κ3) is 3.91. The van der Waals surface area contributed by atoms with Crippen LogP contribution < -0.4 is 5.32 Å². The van der Waals surface area contributed by atoms with Gasteiger partial charge in [-0.1, -0.05) is 29.8 Å². The highest BCUT2D eigenvalue weighted by Crippen LogP contribution is 2.30. The monoisotopic (exact) mass is 374 g/mol. The quantitative estimate of drug-likeness (QED) is 0.741. The highest BCUT2D eigenvalue weighted by atomic mass is 35.5. The number of halogens is 1. The van der Waals surface area contributed by atoms with Crippen molar-refractivity contribution in [2.45, 2.75) is 26.8 Å². The second kappa shape index (κ2) is 7.37. The van der Waals surface area contributed by atoms with E-state index >= 15 is 0 Å². The Balaban J connectivity index is 1.63. The average molecular weight is 375 g/mol. The van der Waals surface area contributed by atoms with Crippen molar-refractivity contribution in [1.29, 1.82) is 0 Å². The van der Waals surface area contributed by atoms with E-state index in [-0.39, 0.29) is 12.3 Å². The number of benzene rings is 1. The van der Waals surface area contributed by atoms with Crippen molar-refractivity contribution in [2.24, 2.45) is 7.05 Å². The van der Waals surface area contributed by atoms with Crippen molar-refractivity contribution in [3.8, 4) is 10.6 Å². The zero-order valence-electron chi connectivity index (χ0n) is 14.3. The number of thiazole rings is 1. The van der Waals surface area contributed by atoms with Crippen molar-refractivity contribution in [3.63, 3.8) is 0 Å². The van der Waals surface area contributed by atoms with Crippen LogP contribution in [0.15, 0.2) is 29.6 Å². The molecular weight excluding hydrogens is 356 g/mol. The predicted molar refractivity (Wildman–Crippen MR) is 101 cm³/mol. The lowest BCUT2D eigenvalue weighted by Gasteiger charge is -2.05. The molecule has 3 aromatic rings. The van der Waals surface area contributed by atoms with Crippen LogP contribution in [0.1, 0.15) is 22.6 Å². The average Bonchev–Trinajstić information content (AvgIpc) is 3.12. The largest absolute Gasteiger partial charge is 0.352 e. The Morgan fingerprint density at radius 3 is 2.76 bits per heavy atom. The summed E-state index contributed by atoms with van der Waals surface area (Å²) in [6.07, 6.45) is 0.249. The Kier molecular flexibility index (Phi) is 5.20. The van der Waals surface area contributed by atoms with E-state index in [1.54, 1.807) is 0 Å². The van der Waals surface area contributed by atoms with Gasteiger partial charge in [0.1, 0.15) is 5.01 Å². The summed E-state index contributed by atoms with van der Waals surface area (Å²) in [6.45, 7) is 4.43. The molecule has 2 aromatic heterocycles. The summed E-state index contributed by atoms with van der Waals surface area (Å²) in [7, 11) is 1.90. The summed E-state index contributed by atoms with van der Waals surface area (Å²) < 4.78 is 1.83. The Bertz CT molecular complexity index is 916. The number of aryl methyl sites for hydroxylation is 2. The molecular formula is C18H19ClN4OS. The molecule has 0 aliphatic rings. The maximum absolute atomic E-state index is 12.2. The van der Waals surface area contributed by atoms with Crippen LogP contribution >= 0.6 is 22.9 Å². The van der Waals surface area contributed by atoms with Crippen molar-refractivity contribution < 1.29 is 4.79 Å². The van der Waals surface area contributed by atoms with Gasteiger partial charge in [-0.2, -0.15) is 5.10 Å². The molecule has 1 amide bonds. The Hall–Kier alpha value is -2.18. The normalized spacial score (nSPS) is 10.9. The van der Waals surface area contributed by atoms with Crippen LogP contribution in [0.25, 0.3) is 10.6 Å². The third-order valence-corrected chi connectivity index (χ3v) is 5.37. The predicted octanol–water partition coefficient (Wildman–Crippen LogP) is 3.67. The number of hydrogen-bond acceptors (Lipinski definition) is 4. The summed E-state index contributed by atoms with van der Waals surface area (Å²) in [4.78, 5) is 16.8. The van der Waals surface area contributed by atoms with Crippen LogP contribution in [0.2, 0.25) is 5.02 Å². The van der Waals surface area contributed by atoms with Gasteiger partial charge in [0.05, 0.1) is 22.8 Å². The molecule has 1 N–H and O–H groups in total. The molecule has 25 heavy (non-hydrogen) atoms. The van der Waals surface area contributed by atoms with Gasteiger partial charge < -0.3 is 5.32 Å². The zero-order valence-corrected chi connectivity index (χ0v) is 15.9. The molecule has 0 fully saturated rings. The first-order valence-electron chi connectivity index (χ1n) is 7.90. The van der Waals surface area contributed by atoms with E-state index in [1.807, 2.05) is 55.2 Å². The van der Waals surface area contributed by atoms with E-state index in [1.165, 1.54) is 11.3 Å². The number of carbonyl (C=O) groups excluding carboxylic acids is 1. The molecule has 2 heterocycles. The molecule has 0 aliphatic heterocycles.